The summed E-state index contributed by atoms with van der Waals surface area (Å²) in [5.41, 5.74) is 0.170. The van der Waals surface area contributed by atoms with Crippen LogP contribution in [0.1, 0.15) is 12.8 Å². The Kier molecular flexibility index (Phi) is 4.47. The molecule has 2 unspecified atom stereocenters. The van der Waals surface area contributed by atoms with Gasteiger partial charge in [0.05, 0.1) is 18.9 Å². The Labute approximate surface area is 133 Å². The van der Waals surface area contributed by atoms with Gasteiger partial charge < -0.3 is 19.6 Å². The van der Waals surface area contributed by atoms with Crippen LogP contribution < -0.4 is 4.90 Å². The van der Waals surface area contributed by atoms with Gasteiger partial charge in [0.15, 0.2) is 0 Å². The molecule has 3 rings (SSSR count). The maximum Gasteiger partial charge on any atom is 0.326 e. The molecule has 2 aliphatic rings. The topological polar surface area (TPSA) is 70.1 Å². The number of carbonyl (C=O) groups excluding carboxylic acids is 1. The predicted molar refractivity (Wildman–Crippen MR) is 80.7 cm³/mol. The van der Waals surface area contributed by atoms with Crippen molar-refractivity contribution in [1.82, 2.24) is 4.90 Å². The van der Waals surface area contributed by atoms with Crippen LogP contribution in [0.5, 0.6) is 0 Å². The lowest BCUT2D eigenvalue weighted by atomic mass is 10.1. The molecule has 2 fully saturated rings. The quantitative estimate of drug-likeness (QED) is 0.903. The minimum atomic E-state index is -1.04. The fourth-order valence-corrected chi connectivity index (χ4v) is 3.29. The van der Waals surface area contributed by atoms with Crippen molar-refractivity contribution in [3.8, 4) is 0 Å². The lowest BCUT2D eigenvalue weighted by Crippen LogP contribution is -2.52. The minimum Gasteiger partial charge on any atom is -0.480 e. The standard InChI is InChI=1S/C16H19FN2O4/c17-11-3-1-2-4-12(11)19-13(5-6-14(19)16(21)22)15(20)18-7-9-23-10-8-18/h1-4,13-14H,5-10H2,(H,21,22). The fourth-order valence-electron chi connectivity index (χ4n) is 3.29. The predicted octanol–water partition coefficient (Wildman–Crippen LogP) is 1.11. The second kappa shape index (κ2) is 6.54. The van der Waals surface area contributed by atoms with E-state index in [2.05, 4.69) is 0 Å². The highest BCUT2D eigenvalue weighted by Crippen LogP contribution is 2.33. The second-order valence-electron chi connectivity index (χ2n) is 5.74. The molecular formula is C16H19FN2O4. The summed E-state index contributed by atoms with van der Waals surface area (Å²) in [5.74, 6) is -1.70. The molecule has 0 radical (unpaired) electrons. The molecule has 0 spiro atoms. The third-order valence-corrected chi connectivity index (χ3v) is 4.41. The summed E-state index contributed by atoms with van der Waals surface area (Å²) < 4.78 is 19.4. The van der Waals surface area contributed by atoms with Crippen LogP contribution in [0.15, 0.2) is 24.3 Å². The molecule has 23 heavy (non-hydrogen) atoms. The van der Waals surface area contributed by atoms with Gasteiger partial charge in [-0.3, -0.25) is 4.79 Å². The van der Waals surface area contributed by atoms with Crippen LogP contribution in [-0.2, 0) is 14.3 Å². The number of ether oxygens (including phenoxy) is 1. The number of aliphatic carboxylic acids is 1. The number of morpholine rings is 1. The lowest BCUT2D eigenvalue weighted by molar-refractivity contribution is -0.138. The Balaban J connectivity index is 1.90. The van der Waals surface area contributed by atoms with E-state index in [-0.39, 0.29) is 11.6 Å². The molecule has 0 saturated carbocycles. The van der Waals surface area contributed by atoms with Crippen molar-refractivity contribution in [3.63, 3.8) is 0 Å². The van der Waals surface area contributed by atoms with Gasteiger partial charge in [-0.2, -0.15) is 0 Å². The van der Waals surface area contributed by atoms with Gasteiger partial charge >= 0.3 is 5.97 Å². The SMILES string of the molecule is O=C(O)C1CCC(C(=O)N2CCOCC2)N1c1ccccc1F. The third kappa shape index (κ3) is 3.01. The van der Waals surface area contributed by atoms with Gasteiger partial charge in [0.2, 0.25) is 5.91 Å². The summed E-state index contributed by atoms with van der Waals surface area (Å²) in [6, 6.07) is 4.46. The van der Waals surface area contributed by atoms with E-state index in [4.69, 9.17) is 4.74 Å². The molecule has 2 atom stereocenters. The van der Waals surface area contributed by atoms with Crippen molar-refractivity contribution < 1.29 is 23.8 Å². The van der Waals surface area contributed by atoms with Crippen LogP contribution in [0.4, 0.5) is 10.1 Å². The summed E-state index contributed by atoms with van der Waals surface area (Å²) >= 11 is 0. The van der Waals surface area contributed by atoms with Crippen molar-refractivity contribution in [2.75, 3.05) is 31.2 Å². The number of amides is 1. The van der Waals surface area contributed by atoms with E-state index >= 15 is 0 Å². The summed E-state index contributed by atoms with van der Waals surface area (Å²) in [6.07, 6.45) is 0.728. The van der Waals surface area contributed by atoms with Crippen molar-refractivity contribution in [1.29, 1.82) is 0 Å². The van der Waals surface area contributed by atoms with Crippen molar-refractivity contribution in [2.45, 2.75) is 24.9 Å². The van der Waals surface area contributed by atoms with Crippen LogP contribution in [0.2, 0.25) is 0 Å². The molecule has 7 heteroatoms. The molecule has 2 heterocycles. The molecule has 1 aromatic rings. The Morgan fingerprint density at radius 2 is 1.78 bits per heavy atom. The van der Waals surface area contributed by atoms with Gasteiger partial charge in [0, 0.05) is 13.1 Å². The van der Waals surface area contributed by atoms with Crippen LogP contribution >= 0.6 is 0 Å². The minimum absolute atomic E-state index is 0.152. The van der Waals surface area contributed by atoms with Gasteiger partial charge in [0.25, 0.3) is 0 Å². The number of benzene rings is 1. The summed E-state index contributed by atoms with van der Waals surface area (Å²) in [6.45, 7) is 1.91. The van der Waals surface area contributed by atoms with Crippen LogP contribution in [-0.4, -0.2) is 60.3 Å². The number of carboxylic acids is 1. The van der Waals surface area contributed by atoms with E-state index in [0.717, 1.165) is 0 Å². The summed E-state index contributed by atoms with van der Waals surface area (Å²) in [5, 5.41) is 9.44. The van der Waals surface area contributed by atoms with Gasteiger partial charge in [-0.15, -0.1) is 0 Å². The van der Waals surface area contributed by atoms with E-state index < -0.39 is 23.9 Å². The first-order chi connectivity index (χ1) is 11.1. The maximum absolute atomic E-state index is 14.2. The first kappa shape index (κ1) is 15.7. The molecule has 2 aliphatic heterocycles. The van der Waals surface area contributed by atoms with Crippen molar-refractivity contribution >= 4 is 17.6 Å². The third-order valence-electron chi connectivity index (χ3n) is 4.41. The Hall–Kier alpha value is -2.15. The number of hydrogen-bond acceptors (Lipinski definition) is 4. The van der Waals surface area contributed by atoms with Gasteiger partial charge in [-0.25, -0.2) is 9.18 Å². The molecule has 0 bridgehead atoms. The molecule has 6 nitrogen and oxygen atoms in total. The largest absolute Gasteiger partial charge is 0.480 e. The van der Waals surface area contributed by atoms with Gasteiger partial charge in [-0.05, 0) is 25.0 Å². The summed E-state index contributed by atoms with van der Waals surface area (Å²) in [4.78, 5) is 27.4. The zero-order valence-electron chi connectivity index (χ0n) is 12.7. The molecule has 1 amide bonds. The number of rotatable bonds is 3. The maximum atomic E-state index is 14.2. The van der Waals surface area contributed by atoms with E-state index in [9.17, 15) is 19.1 Å². The van der Waals surface area contributed by atoms with Gasteiger partial charge in [-0.1, -0.05) is 12.1 Å². The Morgan fingerprint density at radius 3 is 2.43 bits per heavy atom. The van der Waals surface area contributed by atoms with Crippen molar-refractivity contribution in [3.05, 3.63) is 30.1 Å². The van der Waals surface area contributed by atoms with Crippen LogP contribution in [0, 0.1) is 5.82 Å². The lowest BCUT2D eigenvalue weighted by Gasteiger charge is -2.35. The zero-order chi connectivity index (χ0) is 16.4. The van der Waals surface area contributed by atoms with Crippen LogP contribution in [0.3, 0.4) is 0 Å². The van der Waals surface area contributed by atoms with E-state index in [0.29, 0.717) is 39.1 Å². The Bertz CT molecular complexity index is 603. The first-order valence-electron chi connectivity index (χ1n) is 7.72. The normalized spacial score (nSPS) is 24.7. The zero-order valence-corrected chi connectivity index (χ0v) is 12.7. The molecular weight excluding hydrogens is 303 g/mol. The number of nitrogens with zero attached hydrogens (tertiary/aromatic N) is 2. The molecule has 2 saturated heterocycles. The highest BCUT2D eigenvalue weighted by Gasteiger charge is 2.44. The summed E-state index contributed by atoms with van der Waals surface area (Å²) in [7, 11) is 0. The monoisotopic (exact) mass is 322 g/mol. The molecule has 1 aromatic carbocycles. The van der Waals surface area contributed by atoms with E-state index in [1.54, 1.807) is 17.0 Å². The molecule has 1 N–H and O–H groups in total. The van der Waals surface area contributed by atoms with E-state index in [1.165, 1.54) is 17.0 Å². The Morgan fingerprint density at radius 1 is 1.13 bits per heavy atom. The number of halogens is 1. The average molecular weight is 322 g/mol. The number of para-hydroxylation sites is 1. The number of hydrogen-bond donors (Lipinski definition) is 1. The van der Waals surface area contributed by atoms with Gasteiger partial charge in [0.1, 0.15) is 17.9 Å². The molecule has 124 valence electrons. The first-order valence-corrected chi connectivity index (χ1v) is 7.72. The van der Waals surface area contributed by atoms with Crippen LogP contribution in [0.25, 0.3) is 0 Å². The van der Waals surface area contributed by atoms with Crippen molar-refractivity contribution in [2.24, 2.45) is 0 Å². The smallest absolute Gasteiger partial charge is 0.326 e. The molecule has 0 aliphatic carbocycles. The number of carboxylic acid groups (broad SMARTS) is 1. The fraction of sp³-hybridized carbons (Fsp3) is 0.500. The highest BCUT2D eigenvalue weighted by atomic mass is 19.1. The van der Waals surface area contributed by atoms with E-state index in [1.807, 2.05) is 0 Å². The average Bonchev–Trinajstić information content (AvgIpc) is 3.00. The second-order valence-corrected chi connectivity index (χ2v) is 5.74. The highest BCUT2D eigenvalue weighted by molar-refractivity contribution is 5.90. The molecule has 0 aromatic heterocycles. The number of carbonyl (C=O) groups is 2. The number of anilines is 1.